The molecule has 23 heavy (non-hydrogen) atoms. The zero-order valence-electron chi connectivity index (χ0n) is 12.4. The van der Waals surface area contributed by atoms with Gasteiger partial charge < -0.3 is 10.6 Å². The average Bonchev–Trinajstić information content (AvgIpc) is 2.93. The Morgan fingerprint density at radius 1 is 1.17 bits per heavy atom. The van der Waals surface area contributed by atoms with Crippen LogP contribution >= 0.6 is 27.7 Å². The van der Waals surface area contributed by atoms with Crippen LogP contribution in [0.5, 0.6) is 5.75 Å². The van der Waals surface area contributed by atoms with Crippen LogP contribution in [0.15, 0.2) is 58.2 Å². The summed E-state index contributed by atoms with van der Waals surface area (Å²) in [5.41, 5.74) is 2.01. The van der Waals surface area contributed by atoms with E-state index in [1.807, 2.05) is 36.4 Å². The van der Waals surface area contributed by atoms with Crippen molar-refractivity contribution in [2.24, 2.45) is 0 Å². The number of methoxy groups -OCH3 is 1. The summed E-state index contributed by atoms with van der Waals surface area (Å²) in [5, 5.41) is 9.05. The summed E-state index contributed by atoms with van der Waals surface area (Å²) in [4.78, 5) is 0. The normalized spacial score (nSPS) is 10.7. The monoisotopic (exact) mass is 390 g/mol. The fraction of sp³-hybridized carbons (Fsp3) is 0.125. The van der Waals surface area contributed by atoms with Crippen molar-refractivity contribution in [3.8, 4) is 17.1 Å². The predicted molar refractivity (Wildman–Crippen MR) is 95.9 cm³/mol. The molecule has 0 fully saturated rings. The van der Waals surface area contributed by atoms with Crippen LogP contribution in [0.25, 0.3) is 11.4 Å². The van der Waals surface area contributed by atoms with Gasteiger partial charge in [0.05, 0.1) is 12.7 Å². The Morgan fingerprint density at radius 3 is 2.78 bits per heavy atom. The molecule has 5 nitrogen and oxygen atoms in total. The van der Waals surface area contributed by atoms with Crippen LogP contribution < -0.4 is 10.6 Å². The first kappa shape index (κ1) is 15.9. The Bertz CT molecular complexity index is 821. The van der Waals surface area contributed by atoms with Crippen molar-refractivity contribution in [2.75, 3.05) is 13.0 Å². The number of halogens is 1. The Hall–Kier alpha value is -1.99. The minimum Gasteiger partial charge on any atom is -0.496 e. The Kier molecular flexibility index (Phi) is 4.88. The van der Waals surface area contributed by atoms with E-state index in [1.165, 1.54) is 10.2 Å². The summed E-state index contributed by atoms with van der Waals surface area (Å²) in [6, 6.07) is 15.8. The molecule has 2 N–H and O–H groups in total. The van der Waals surface area contributed by atoms with Crippen LogP contribution in [0.3, 0.4) is 0 Å². The fourth-order valence-corrected chi connectivity index (χ4v) is 3.41. The van der Waals surface area contributed by atoms with Gasteiger partial charge in [0.2, 0.25) is 5.16 Å². The van der Waals surface area contributed by atoms with E-state index in [2.05, 4.69) is 38.3 Å². The molecule has 7 heteroatoms. The Labute approximate surface area is 147 Å². The van der Waals surface area contributed by atoms with Crippen LogP contribution in [0.4, 0.5) is 0 Å². The van der Waals surface area contributed by atoms with Crippen LogP contribution in [0.1, 0.15) is 5.56 Å². The lowest BCUT2D eigenvalue weighted by atomic mass is 10.2. The third kappa shape index (κ3) is 3.51. The number of nitrogens with zero attached hydrogens (tertiary/aromatic N) is 3. The first-order valence-electron chi connectivity index (χ1n) is 6.90. The molecule has 1 aromatic heterocycles. The van der Waals surface area contributed by atoms with Gasteiger partial charge in [-0.05, 0) is 29.8 Å². The highest BCUT2D eigenvalue weighted by Crippen LogP contribution is 2.30. The van der Waals surface area contributed by atoms with Gasteiger partial charge in [0, 0.05) is 10.2 Å². The third-order valence-corrected chi connectivity index (χ3v) is 4.78. The fourth-order valence-electron chi connectivity index (χ4n) is 2.16. The molecule has 0 spiro atoms. The number of thioether (sulfide) groups is 1. The zero-order valence-corrected chi connectivity index (χ0v) is 14.8. The van der Waals surface area contributed by atoms with Crippen LogP contribution in [-0.2, 0) is 5.75 Å². The molecule has 2 aromatic carbocycles. The van der Waals surface area contributed by atoms with Crippen LogP contribution in [0.2, 0.25) is 0 Å². The molecule has 0 aliphatic carbocycles. The number of ether oxygens (including phenoxy) is 1. The van der Waals surface area contributed by atoms with Gasteiger partial charge in [-0.1, -0.05) is 52.0 Å². The molecule has 3 aromatic rings. The van der Waals surface area contributed by atoms with Gasteiger partial charge in [0.15, 0.2) is 5.82 Å². The van der Waals surface area contributed by atoms with E-state index in [1.54, 1.807) is 18.9 Å². The lowest BCUT2D eigenvalue weighted by molar-refractivity contribution is 0.416. The maximum atomic E-state index is 6.16. The second kappa shape index (κ2) is 7.06. The van der Waals surface area contributed by atoms with Gasteiger partial charge in [0.1, 0.15) is 5.75 Å². The molecular formula is C16H15BrN4OS. The summed E-state index contributed by atoms with van der Waals surface area (Å²) in [6.45, 7) is 0. The number of hydrogen-bond acceptors (Lipinski definition) is 5. The number of nitrogens with two attached hydrogens (primary N) is 1. The molecule has 0 amide bonds. The first-order chi connectivity index (χ1) is 11.2. The molecule has 118 valence electrons. The van der Waals surface area contributed by atoms with Gasteiger partial charge in [-0.15, -0.1) is 10.2 Å². The minimum atomic E-state index is 0.583. The van der Waals surface area contributed by atoms with Crippen molar-refractivity contribution in [3.05, 3.63) is 58.6 Å². The maximum Gasteiger partial charge on any atom is 0.210 e. The van der Waals surface area contributed by atoms with Crippen LogP contribution in [-0.4, -0.2) is 22.0 Å². The lowest BCUT2D eigenvalue weighted by Crippen LogP contribution is -2.11. The molecule has 0 aliphatic rings. The number of aromatic nitrogens is 3. The van der Waals surface area contributed by atoms with E-state index in [0.29, 0.717) is 11.0 Å². The second-order valence-corrected chi connectivity index (χ2v) is 6.65. The third-order valence-electron chi connectivity index (χ3n) is 3.27. The van der Waals surface area contributed by atoms with E-state index in [4.69, 9.17) is 10.6 Å². The SMILES string of the molecule is COc1ccccc1-c1nnc(SCc2cccc(Br)c2)n1N. The molecular weight excluding hydrogens is 376 g/mol. The van der Waals surface area contributed by atoms with Crippen molar-refractivity contribution in [1.29, 1.82) is 0 Å². The molecule has 0 saturated carbocycles. The summed E-state index contributed by atoms with van der Waals surface area (Å²) in [7, 11) is 1.62. The highest BCUT2D eigenvalue weighted by atomic mass is 79.9. The number of para-hydroxylation sites is 1. The largest absolute Gasteiger partial charge is 0.496 e. The second-order valence-electron chi connectivity index (χ2n) is 4.80. The van der Waals surface area contributed by atoms with E-state index < -0.39 is 0 Å². The van der Waals surface area contributed by atoms with Crippen molar-refractivity contribution in [2.45, 2.75) is 10.9 Å². The number of rotatable bonds is 5. The summed E-state index contributed by atoms with van der Waals surface area (Å²) < 4.78 is 7.91. The highest BCUT2D eigenvalue weighted by Gasteiger charge is 2.15. The smallest absolute Gasteiger partial charge is 0.210 e. The zero-order chi connectivity index (χ0) is 16.2. The Balaban J connectivity index is 1.82. The predicted octanol–water partition coefficient (Wildman–Crippen LogP) is 3.72. The topological polar surface area (TPSA) is 66.0 Å². The summed E-state index contributed by atoms with van der Waals surface area (Å²) >= 11 is 5.01. The molecule has 0 aliphatic heterocycles. The number of benzene rings is 2. The summed E-state index contributed by atoms with van der Waals surface area (Å²) in [5.74, 6) is 8.22. The molecule has 0 radical (unpaired) electrons. The van der Waals surface area contributed by atoms with E-state index >= 15 is 0 Å². The lowest BCUT2D eigenvalue weighted by Gasteiger charge is -2.08. The maximum absolute atomic E-state index is 6.16. The van der Waals surface area contributed by atoms with Gasteiger partial charge >= 0.3 is 0 Å². The van der Waals surface area contributed by atoms with Gasteiger partial charge in [0.25, 0.3) is 0 Å². The molecule has 0 atom stereocenters. The summed E-state index contributed by atoms with van der Waals surface area (Å²) in [6.07, 6.45) is 0. The Morgan fingerprint density at radius 2 is 2.00 bits per heavy atom. The molecule has 3 rings (SSSR count). The van der Waals surface area contributed by atoms with Crippen molar-refractivity contribution in [3.63, 3.8) is 0 Å². The number of hydrogen-bond donors (Lipinski definition) is 1. The quantitative estimate of drug-likeness (QED) is 0.531. The van der Waals surface area contributed by atoms with Gasteiger partial charge in [-0.25, -0.2) is 4.68 Å². The molecule has 0 bridgehead atoms. The number of nitrogen functional groups attached to an aromatic ring is 1. The van der Waals surface area contributed by atoms with Gasteiger partial charge in [-0.2, -0.15) is 0 Å². The van der Waals surface area contributed by atoms with Crippen LogP contribution in [0, 0.1) is 0 Å². The average molecular weight is 391 g/mol. The van der Waals surface area contributed by atoms with E-state index in [-0.39, 0.29) is 0 Å². The minimum absolute atomic E-state index is 0.583. The van der Waals surface area contributed by atoms with Crippen molar-refractivity contribution < 1.29 is 4.74 Å². The van der Waals surface area contributed by atoms with Crippen molar-refractivity contribution in [1.82, 2.24) is 14.9 Å². The van der Waals surface area contributed by atoms with Crippen molar-refractivity contribution >= 4 is 27.7 Å². The van der Waals surface area contributed by atoms with Gasteiger partial charge in [-0.3, -0.25) is 0 Å². The molecule has 0 unspecified atom stereocenters. The highest BCUT2D eigenvalue weighted by molar-refractivity contribution is 9.10. The standard InChI is InChI=1S/C16H15BrN4OS/c1-22-14-8-3-2-7-13(14)15-19-20-16(21(15)18)23-10-11-5-4-6-12(17)9-11/h2-9H,10,18H2,1H3. The van der Waals surface area contributed by atoms with E-state index in [0.717, 1.165) is 21.5 Å². The molecule has 0 saturated heterocycles. The molecule has 1 heterocycles. The first-order valence-corrected chi connectivity index (χ1v) is 8.68. The van der Waals surface area contributed by atoms with E-state index in [9.17, 15) is 0 Å².